The lowest BCUT2D eigenvalue weighted by Gasteiger charge is -2.51. The molecule has 0 unspecified atom stereocenters. The first-order valence-electron chi connectivity index (χ1n) is 9.58. The highest BCUT2D eigenvalue weighted by Gasteiger charge is 2.49. The monoisotopic (exact) mass is 495 g/mol. The minimum absolute atomic E-state index is 0.0445. The number of piperidine rings is 1. The van der Waals surface area contributed by atoms with Gasteiger partial charge in [-0.25, -0.2) is 4.39 Å². The predicted molar refractivity (Wildman–Crippen MR) is 113 cm³/mol. The Morgan fingerprint density at radius 3 is 2.86 bits per heavy atom. The molecule has 1 atom stereocenters. The summed E-state index contributed by atoms with van der Waals surface area (Å²) in [5.74, 6) is -0.417. The van der Waals surface area contributed by atoms with Crippen molar-refractivity contribution in [2.75, 3.05) is 19.6 Å². The summed E-state index contributed by atoms with van der Waals surface area (Å²) in [6, 6.07) is 6.81. The Kier molecular flexibility index (Phi) is 5.66. The highest BCUT2D eigenvalue weighted by molar-refractivity contribution is 14.1. The van der Waals surface area contributed by atoms with E-state index in [1.807, 2.05) is 6.07 Å². The van der Waals surface area contributed by atoms with Gasteiger partial charge in [0.2, 0.25) is 0 Å². The summed E-state index contributed by atoms with van der Waals surface area (Å²) < 4.78 is 15.1. The second-order valence-electron chi connectivity index (χ2n) is 7.71. The van der Waals surface area contributed by atoms with Crippen LogP contribution < -0.4 is 5.32 Å². The lowest BCUT2D eigenvalue weighted by Crippen LogP contribution is -2.72. The number of nitrogens with one attached hydrogen (secondary N) is 1. The van der Waals surface area contributed by atoms with Crippen LogP contribution in [0.1, 0.15) is 40.7 Å². The fraction of sp³-hybridized carbons (Fsp3) is 0.429. The summed E-state index contributed by atoms with van der Waals surface area (Å²) in [6.45, 7) is 1.56. The SMILES string of the molecule is O=C(c1ccncc1Cc1ccc(I)cc1F)N1CC(O)([C@@H]2CCCCN2)C1. The van der Waals surface area contributed by atoms with E-state index in [0.29, 0.717) is 36.2 Å². The summed E-state index contributed by atoms with van der Waals surface area (Å²) in [6.07, 6.45) is 6.68. The van der Waals surface area contributed by atoms with Crippen LogP contribution in [-0.2, 0) is 6.42 Å². The Balaban J connectivity index is 1.48. The van der Waals surface area contributed by atoms with E-state index in [-0.39, 0.29) is 17.8 Å². The second-order valence-corrected chi connectivity index (χ2v) is 8.96. The van der Waals surface area contributed by atoms with E-state index in [9.17, 15) is 14.3 Å². The summed E-state index contributed by atoms with van der Waals surface area (Å²) >= 11 is 2.07. The van der Waals surface area contributed by atoms with Crippen molar-refractivity contribution in [3.05, 3.63) is 62.7 Å². The van der Waals surface area contributed by atoms with Crippen molar-refractivity contribution in [3.8, 4) is 0 Å². The van der Waals surface area contributed by atoms with E-state index in [1.165, 1.54) is 6.07 Å². The van der Waals surface area contributed by atoms with Gasteiger partial charge in [-0.3, -0.25) is 9.78 Å². The first kappa shape index (κ1) is 19.7. The summed E-state index contributed by atoms with van der Waals surface area (Å²) in [4.78, 5) is 18.8. The quantitative estimate of drug-likeness (QED) is 0.641. The number of aromatic nitrogens is 1. The van der Waals surface area contributed by atoms with Gasteiger partial charge in [0.1, 0.15) is 11.4 Å². The summed E-state index contributed by atoms with van der Waals surface area (Å²) in [5.41, 5.74) is 0.894. The maximum Gasteiger partial charge on any atom is 0.254 e. The Morgan fingerprint density at radius 1 is 1.32 bits per heavy atom. The number of amides is 1. The van der Waals surface area contributed by atoms with Crippen LogP contribution in [0, 0.1) is 9.39 Å². The van der Waals surface area contributed by atoms with Crippen LogP contribution in [-0.4, -0.2) is 52.2 Å². The van der Waals surface area contributed by atoms with Crippen molar-refractivity contribution in [2.24, 2.45) is 0 Å². The van der Waals surface area contributed by atoms with Gasteiger partial charge < -0.3 is 15.3 Å². The molecule has 0 bridgehead atoms. The zero-order valence-corrected chi connectivity index (χ0v) is 17.7. The number of hydrogen-bond donors (Lipinski definition) is 2. The molecule has 2 aliphatic rings. The molecule has 2 aromatic rings. The number of carbonyl (C=O) groups is 1. The number of likely N-dealkylation sites (tertiary alicyclic amines) is 1. The van der Waals surface area contributed by atoms with Gasteiger partial charge in [-0.2, -0.15) is 0 Å². The Labute approximate surface area is 177 Å². The van der Waals surface area contributed by atoms with Crippen molar-refractivity contribution >= 4 is 28.5 Å². The number of carbonyl (C=O) groups excluding carboxylic acids is 1. The first-order valence-corrected chi connectivity index (χ1v) is 10.7. The predicted octanol–water partition coefficient (Wildman–Crippen LogP) is 2.75. The molecule has 1 amide bonds. The van der Waals surface area contributed by atoms with Crippen LogP contribution in [0.2, 0.25) is 0 Å². The maximum atomic E-state index is 14.3. The van der Waals surface area contributed by atoms with Crippen molar-refractivity contribution in [3.63, 3.8) is 0 Å². The average Bonchev–Trinajstić information content (AvgIpc) is 2.68. The Morgan fingerprint density at radius 2 is 2.14 bits per heavy atom. The normalized spacial score (nSPS) is 21.2. The fourth-order valence-electron chi connectivity index (χ4n) is 4.11. The number of hydrogen-bond acceptors (Lipinski definition) is 4. The Hall–Kier alpha value is -1.58. The van der Waals surface area contributed by atoms with Gasteiger partial charge in [0.15, 0.2) is 0 Å². The number of halogens is 2. The maximum absolute atomic E-state index is 14.3. The van der Waals surface area contributed by atoms with Gasteiger partial charge in [-0.15, -0.1) is 0 Å². The first-order chi connectivity index (χ1) is 13.5. The average molecular weight is 495 g/mol. The van der Waals surface area contributed by atoms with Gasteiger partial charge >= 0.3 is 0 Å². The van der Waals surface area contributed by atoms with Gasteiger partial charge in [-0.1, -0.05) is 12.5 Å². The van der Waals surface area contributed by atoms with Crippen LogP contribution in [0.15, 0.2) is 36.7 Å². The molecular weight excluding hydrogens is 472 g/mol. The van der Waals surface area contributed by atoms with Crippen molar-refractivity contribution in [1.82, 2.24) is 15.2 Å². The zero-order valence-electron chi connectivity index (χ0n) is 15.5. The molecule has 28 heavy (non-hydrogen) atoms. The van der Waals surface area contributed by atoms with Gasteiger partial charge in [0.05, 0.1) is 13.1 Å². The molecule has 3 heterocycles. The second kappa shape index (κ2) is 8.04. The highest BCUT2D eigenvalue weighted by atomic mass is 127. The molecule has 0 spiro atoms. The third-order valence-electron chi connectivity index (χ3n) is 5.71. The molecular formula is C21H23FIN3O2. The molecule has 148 valence electrons. The topological polar surface area (TPSA) is 65.5 Å². The van der Waals surface area contributed by atoms with E-state index in [4.69, 9.17) is 0 Å². The number of pyridine rings is 1. The smallest absolute Gasteiger partial charge is 0.254 e. The van der Waals surface area contributed by atoms with Crippen LogP contribution >= 0.6 is 22.6 Å². The Bertz CT molecular complexity index is 880. The number of nitrogens with zero attached hydrogens (tertiary/aromatic N) is 2. The molecule has 2 fully saturated rings. The third-order valence-corrected chi connectivity index (χ3v) is 6.38. The largest absolute Gasteiger partial charge is 0.385 e. The highest BCUT2D eigenvalue weighted by Crippen LogP contribution is 2.31. The van der Waals surface area contributed by atoms with E-state index in [2.05, 4.69) is 32.9 Å². The molecule has 7 heteroatoms. The van der Waals surface area contributed by atoms with Gasteiger partial charge in [0.25, 0.3) is 5.91 Å². The molecule has 1 aromatic carbocycles. The summed E-state index contributed by atoms with van der Waals surface area (Å²) in [7, 11) is 0. The number of aliphatic hydroxyl groups is 1. The van der Waals surface area contributed by atoms with Crippen LogP contribution in [0.5, 0.6) is 0 Å². The van der Waals surface area contributed by atoms with Gasteiger partial charge in [0, 0.05) is 34.0 Å². The molecule has 2 saturated heterocycles. The van der Waals surface area contributed by atoms with Crippen LogP contribution in [0.3, 0.4) is 0 Å². The van der Waals surface area contributed by atoms with Crippen LogP contribution in [0.4, 0.5) is 4.39 Å². The van der Waals surface area contributed by atoms with Crippen molar-refractivity contribution in [1.29, 1.82) is 0 Å². The lowest BCUT2D eigenvalue weighted by molar-refractivity contribution is -0.108. The minimum Gasteiger partial charge on any atom is -0.385 e. The molecule has 2 aliphatic heterocycles. The number of β-amino-alcohol motifs (C(OH)–C–C–N with tert-alkyl or cyclic N) is 1. The zero-order chi connectivity index (χ0) is 19.7. The van der Waals surface area contributed by atoms with E-state index in [0.717, 1.165) is 29.4 Å². The van der Waals surface area contributed by atoms with E-state index < -0.39 is 5.60 Å². The lowest BCUT2D eigenvalue weighted by atomic mass is 9.81. The molecule has 0 aliphatic carbocycles. The molecule has 0 saturated carbocycles. The van der Waals surface area contributed by atoms with Crippen molar-refractivity contribution < 1.29 is 14.3 Å². The molecule has 1 aromatic heterocycles. The summed E-state index contributed by atoms with van der Waals surface area (Å²) in [5, 5.41) is 14.2. The molecule has 0 radical (unpaired) electrons. The molecule has 4 rings (SSSR count). The van der Waals surface area contributed by atoms with Crippen LogP contribution in [0.25, 0.3) is 0 Å². The van der Waals surface area contributed by atoms with E-state index >= 15 is 0 Å². The number of benzene rings is 1. The van der Waals surface area contributed by atoms with Gasteiger partial charge in [-0.05, 0) is 71.3 Å². The van der Waals surface area contributed by atoms with Crippen molar-refractivity contribution in [2.45, 2.75) is 37.3 Å². The molecule has 2 N–H and O–H groups in total. The number of rotatable bonds is 4. The molecule has 5 nitrogen and oxygen atoms in total. The van der Waals surface area contributed by atoms with E-state index in [1.54, 1.807) is 29.4 Å². The minimum atomic E-state index is -0.856. The fourth-order valence-corrected chi connectivity index (χ4v) is 4.56. The standard InChI is InChI=1S/C21H23FIN3O2/c22-18-10-16(23)5-4-14(18)9-15-11-24-8-6-17(15)20(27)26-12-21(28,13-26)19-3-1-2-7-25-19/h4-6,8,10-11,19,25,28H,1-3,7,9,12-13H2/t19-/m0/s1. The third kappa shape index (κ3) is 3.92.